The molecule has 2 aromatic heterocycles. The van der Waals surface area contributed by atoms with Crippen LogP contribution >= 0.6 is 11.3 Å². The summed E-state index contributed by atoms with van der Waals surface area (Å²) in [7, 11) is 1.63. The molecule has 1 N–H and O–H groups in total. The zero-order valence-electron chi connectivity index (χ0n) is 10.9. The van der Waals surface area contributed by atoms with Crippen LogP contribution in [0.3, 0.4) is 0 Å². The molecule has 1 aliphatic carbocycles. The summed E-state index contributed by atoms with van der Waals surface area (Å²) in [5.74, 6) is 0.650. The fourth-order valence-electron chi connectivity index (χ4n) is 1.85. The molecule has 0 amide bonds. The molecule has 1 saturated carbocycles. The molecule has 0 spiro atoms. The van der Waals surface area contributed by atoms with Crippen LogP contribution in [0.2, 0.25) is 0 Å². The summed E-state index contributed by atoms with van der Waals surface area (Å²) in [6.45, 7) is 0.948. The number of rotatable bonds is 6. The van der Waals surface area contributed by atoms with E-state index in [1.807, 2.05) is 24.5 Å². The topological polar surface area (TPSA) is 47.0 Å². The monoisotopic (exact) mass is 275 g/mol. The average molecular weight is 275 g/mol. The van der Waals surface area contributed by atoms with Gasteiger partial charge >= 0.3 is 0 Å². The Morgan fingerprint density at radius 3 is 2.89 bits per heavy atom. The first kappa shape index (κ1) is 12.6. The molecule has 100 valence electrons. The zero-order valence-corrected chi connectivity index (χ0v) is 11.7. The average Bonchev–Trinajstić information content (AvgIpc) is 3.17. The predicted octanol–water partition coefficient (Wildman–Crippen LogP) is 2.39. The minimum atomic E-state index is 0.650. The Labute approximate surface area is 116 Å². The Balaban J connectivity index is 1.58. The molecule has 0 atom stereocenters. The summed E-state index contributed by atoms with van der Waals surface area (Å²) < 4.78 is 5.05. The van der Waals surface area contributed by atoms with Crippen molar-refractivity contribution >= 4 is 11.3 Å². The number of nitrogens with zero attached hydrogens (tertiary/aromatic N) is 2. The van der Waals surface area contributed by atoms with E-state index in [9.17, 15) is 0 Å². The molecule has 1 aliphatic rings. The Morgan fingerprint density at radius 2 is 2.21 bits per heavy atom. The number of hydrogen-bond acceptors (Lipinski definition) is 5. The third kappa shape index (κ3) is 3.52. The van der Waals surface area contributed by atoms with Gasteiger partial charge in [-0.1, -0.05) is 6.07 Å². The molecule has 1 fully saturated rings. The summed E-state index contributed by atoms with van der Waals surface area (Å²) >= 11 is 1.77. The maximum atomic E-state index is 5.05. The van der Waals surface area contributed by atoms with Crippen molar-refractivity contribution in [1.29, 1.82) is 0 Å². The first-order valence-electron chi connectivity index (χ1n) is 6.49. The van der Waals surface area contributed by atoms with Gasteiger partial charge < -0.3 is 10.1 Å². The molecule has 3 rings (SSSR count). The van der Waals surface area contributed by atoms with Gasteiger partial charge in [0.05, 0.1) is 12.1 Å². The second kappa shape index (κ2) is 5.67. The Hall–Kier alpha value is -1.46. The molecule has 0 saturated heterocycles. The second-order valence-corrected chi connectivity index (χ2v) is 5.96. The number of ether oxygens (including phenoxy) is 1. The highest BCUT2D eigenvalue weighted by Gasteiger charge is 2.20. The van der Waals surface area contributed by atoms with E-state index in [1.165, 1.54) is 17.7 Å². The van der Waals surface area contributed by atoms with E-state index in [0.717, 1.165) is 29.6 Å². The predicted molar refractivity (Wildman–Crippen MR) is 75.6 cm³/mol. The molecule has 5 heteroatoms. The normalized spacial score (nSPS) is 14.6. The Morgan fingerprint density at radius 1 is 1.32 bits per heavy atom. The van der Waals surface area contributed by atoms with Gasteiger partial charge in [-0.2, -0.15) is 0 Å². The van der Waals surface area contributed by atoms with E-state index in [-0.39, 0.29) is 0 Å². The van der Waals surface area contributed by atoms with Gasteiger partial charge in [0.2, 0.25) is 5.88 Å². The van der Waals surface area contributed by atoms with E-state index in [2.05, 4.69) is 15.3 Å². The molecular formula is C14H17N3OS. The number of thiazole rings is 1. The zero-order chi connectivity index (χ0) is 13.1. The minimum Gasteiger partial charge on any atom is -0.481 e. The van der Waals surface area contributed by atoms with Crippen molar-refractivity contribution in [2.45, 2.75) is 31.8 Å². The summed E-state index contributed by atoms with van der Waals surface area (Å²) in [4.78, 5) is 9.99. The van der Waals surface area contributed by atoms with Gasteiger partial charge in [-0.15, -0.1) is 11.3 Å². The highest BCUT2D eigenvalue weighted by Crippen LogP contribution is 2.21. The molecular weight excluding hydrogens is 258 g/mol. The van der Waals surface area contributed by atoms with E-state index in [0.29, 0.717) is 5.88 Å². The highest BCUT2D eigenvalue weighted by molar-refractivity contribution is 7.11. The van der Waals surface area contributed by atoms with Crippen molar-refractivity contribution in [1.82, 2.24) is 15.3 Å². The molecule has 19 heavy (non-hydrogen) atoms. The first-order valence-corrected chi connectivity index (χ1v) is 7.31. The molecule has 0 radical (unpaired) electrons. The molecule has 4 nitrogen and oxygen atoms in total. The van der Waals surface area contributed by atoms with Gasteiger partial charge in [-0.3, -0.25) is 0 Å². The maximum absolute atomic E-state index is 5.05. The van der Waals surface area contributed by atoms with Crippen molar-refractivity contribution in [2.24, 2.45) is 0 Å². The van der Waals surface area contributed by atoms with Crippen LogP contribution in [0, 0.1) is 0 Å². The van der Waals surface area contributed by atoms with Gasteiger partial charge in [0.25, 0.3) is 0 Å². The number of aromatic nitrogens is 2. The van der Waals surface area contributed by atoms with Crippen LogP contribution in [0.5, 0.6) is 5.88 Å². The van der Waals surface area contributed by atoms with Crippen molar-refractivity contribution < 1.29 is 4.74 Å². The summed E-state index contributed by atoms with van der Waals surface area (Å²) in [5.41, 5.74) is 1.16. The largest absolute Gasteiger partial charge is 0.481 e. The molecule has 0 bridgehead atoms. The van der Waals surface area contributed by atoms with Crippen molar-refractivity contribution in [3.05, 3.63) is 40.0 Å². The Bertz CT molecular complexity index is 534. The third-order valence-corrected chi connectivity index (χ3v) is 4.10. The van der Waals surface area contributed by atoms with E-state index < -0.39 is 0 Å². The second-order valence-electron chi connectivity index (χ2n) is 4.76. The van der Waals surface area contributed by atoms with Crippen LogP contribution in [0.1, 0.15) is 28.3 Å². The van der Waals surface area contributed by atoms with Gasteiger partial charge in [0, 0.05) is 42.3 Å². The fraction of sp³-hybridized carbons (Fsp3) is 0.429. The summed E-state index contributed by atoms with van der Waals surface area (Å²) in [6, 6.07) is 4.67. The van der Waals surface area contributed by atoms with Crippen LogP contribution in [0.4, 0.5) is 0 Å². The third-order valence-electron chi connectivity index (χ3n) is 3.11. The van der Waals surface area contributed by atoms with Gasteiger partial charge in [0.15, 0.2) is 0 Å². The lowest BCUT2D eigenvalue weighted by atomic mass is 10.2. The lowest BCUT2D eigenvalue weighted by Crippen LogP contribution is -2.14. The van der Waals surface area contributed by atoms with Crippen molar-refractivity contribution in [2.75, 3.05) is 7.11 Å². The molecule has 2 heterocycles. The first-order chi connectivity index (χ1) is 9.33. The fourth-order valence-corrected chi connectivity index (χ4v) is 2.76. The highest BCUT2D eigenvalue weighted by atomic mass is 32.1. The Kier molecular flexibility index (Phi) is 3.75. The van der Waals surface area contributed by atoms with Gasteiger partial charge in [-0.25, -0.2) is 9.97 Å². The van der Waals surface area contributed by atoms with Crippen molar-refractivity contribution in [3.8, 4) is 5.88 Å². The summed E-state index contributed by atoms with van der Waals surface area (Å²) in [5, 5.41) is 4.65. The number of pyridine rings is 1. The van der Waals surface area contributed by atoms with Crippen molar-refractivity contribution in [3.63, 3.8) is 0 Å². The SMILES string of the molecule is COc1ccc(Cc2ncc(CNC3CC3)s2)cn1. The van der Waals surface area contributed by atoms with E-state index >= 15 is 0 Å². The molecule has 0 aliphatic heterocycles. The van der Waals surface area contributed by atoms with Crippen LogP contribution < -0.4 is 10.1 Å². The van der Waals surface area contributed by atoms with Gasteiger partial charge in [-0.05, 0) is 18.4 Å². The number of nitrogens with one attached hydrogen (secondary N) is 1. The molecule has 0 unspecified atom stereocenters. The van der Waals surface area contributed by atoms with E-state index in [4.69, 9.17) is 4.74 Å². The minimum absolute atomic E-state index is 0.650. The van der Waals surface area contributed by atoms with Gasteiger partial charge in [0.1, 0.15) is 0 Å². The summed E-state index contributed by atoms with van der Waals surface area (Å²) in [6.07, 6.45) is 7.31. The standard InChI is InChI=1S/C14H17N3OS/c1-18-13-5-2-10(7-16-13)6-14-17-9-12(19-14)8-15-11-3-4-11/h2,5,7,9,11,15H,3-4,6,8H2,1H3. The maximum Gasteiger partial charge on any atom is 0.212 e. The smallest absolute Gasteiger partial charge is 0.212 e. The van der Waals surface area contributed by atoms with Crippen LogP contribution in [0.15, 0.2) is 24.5 Å². The van der Waals surface area contributed by atoms with E-state index in [1.54, 1.807) is 18.4 Å². The quantitative estimate of drug-likeness (QED) is 0.879. The molecule has 0 aromatic carbocycles. The number of methoxy groups -OCH3 is 1. The lowest BCUT2D eigenvalue weighted by molar-refractivity contribution is 0.397. The lowest BCUT2D eigenvalue weighted by Gasteiger charge is -2.00. The van der Waals surface area contributed by atoms with Crippen LogP contribution in [0.25, 0.3) is 0 Å². The van der Waals surface area contributed by atoms with Crippen LogP contribution in [-0.4, -0.2) is 23.1 Å². The number of hydrogen-bond donors (Lipinski definition) is 1. The van der Waals surface area contributed by atoms with Crippen LogP contribution in [-0.2, 0) is 13.0 Å². The molecule has 2 aromatic rings.